The van der Waals surface area contributed by atoms with E-state index >= 15 is 0 Å². The average molecular weight is 427 g/mol. The van der Waals surface area contributed by atoms with Gasteiger partial charge in [0.2, 0.25) is 11.2 Å². The Morgan fingerprint density at radius 1 is 0.667 bits per heavy atom. The molecule has 0 saturated heterocycles. The van der Waals surface area contributed by atoms with E-state index in [1.54, 1.807) is 13.8 Å². The van der Waals surface area contributed by atoms with Crippen LogP contribution < -0.4 is 0 Å². The molecule has 0 amide bonds. The summed E-state index contributed by atoms with van der Waals surface area (Å²) in [7, 11) is 0. The summed E-state index contributed by atoms with van der Waals surface area (Å²) < 4.78 is 24.0. The molecule has 2 unspecified atom stereocenters. The Labute approximate surface area is 182 Å². The van der Waals surface area contributed by atoms with Gasteiger partial charge in [0.25, 0.3) is 0 Å². The first kappa shape index (κ1) is 25.1. The van der Waals surface area contributed by atoms with Crippen LogP contribution in [0.1, 0.15) is 105 Å². The van der Waals surface area contributed by atoms with Crippen LogP contribution in [0.15, 0.2) is 0 Å². The van der Waals surface area contributed by atoms with E-state index in [4.69, 9.17) is 18.9 Å². The third-order valence-corrected chi connectivity index (χ3v) is 6.47. The summed E-state index contributed by atoms with van der Waals surface area (Å²) >= 11 is 0. The van der Waals surface area contributed by atoms with Crippen LogP contribution in [0.25, 0.3) is 0 Å². The highest BCUT2D eigenvalue weighted by molar-refractivity contribution is 5.92. The molecule has 2 rings (SSSR count). The van der Waals surface area contributed by atoms with Crippen LogP contribution in [0.2, 0.25) is 0 Å². The van der Waals surface area contributed by atoms with Crippen molar-refractivity contribution in [2.45, 2.75) is 128 Å². The van der Waals surface area contributed by atoms with Crippen molar-refractivity contribution in [3.63, 3.8) is 0 Å². The van der Waals surface area contributed by atoms with E-state index in [0.717, 1.165) is 51.4 Å². The molecule has 2 fully saturated rings. The molecule has 6 nitrogen and oxygen atoms in total. The molecular formula is C24H42O6. The van der Waals surface area contributed by atoms with Crippen LogP contribution in [0.5, 0.6) is 0 Å². The summed E-state index contributed by atoms with van der Waals surface area (Å²) in [6, 6.07) is 0. The SMILES string of the molecule is CCCOC(=O)C(C)(OC1CCCCC1)C(C)(OC1CCCCC1)C(=O)OCCC. The van der Waals surface area contributed by atoms with Gasteiger partial charge in [-0.25, -0.2) is 9.59 Å². The molecular weight excluding hydrogens is 384 g/mol. The number of carbonyl (C=O) groups is 2. The van der Waals surface area contributed by atoms with Crippen molar-refractivity contribution >= 4 is 11.9 Å². The molecule has 0 aromatic rings. The Morgan fingerprint density at radius 3 is 1.30 bits per heavy atom. The molecule has 2 aliphatic rings. The van der Waals surface area contributed by atoms with Crippen LogP contribution in [0, 0.1) is 0 Å². The molecule has 2 atom stereocenters. The summed E-state index contributed by atoms with van der Waals surface area (Å²) in [6.07, 6.45) is 11.3. The van der Waals surface area contributed by atoms with Gasteiger partial charge in [0, 0.05) is 0 Å². The second-order valence-corrected chi connectivity index (χ2v) is 9.09. The van der Waals surface area contributed by atoms with E-state index in [2.05, 4.69) is 0 Å². The molecule has 0 radical (unpaired) electrons. The molecule has 0 aromatic heterocycles. The van der Waals surface area contributed by atoms with Gasteiger partial charge in [-0.2, -0.15) is 0 Å². The zero-order valence-electron chi connectivity index (χ0n) is 19.5. The Kier molecular flexibility index (Phi) is 10.1. The monoisotopic (exact) mass is 426 g/mol. The summed E-state index contributed by atoms with van der Waals surface area (Å²) in [5.41, 5.74) is -3.13. The number of carbonyl (C=O) groups excluding carboxylic acids is 2. The summed E-state index contributed by atoms with van der Waals surface area (Å²) in [5.74, 6) is -1.08. The van der Waals surface area contributed by atoms with Gasteiger partial charge in [-0.15, -0.1) is 0 Å². The normalized spacial score (nSPS) is 22.7. The molecule has 0 aliphatic heterocycles. The van der Waals surface area contributed by atoms with Gasteiger partial charge >= 0.3 is 11.9 Å². The highest BCUT2D eigenvalue weighted by Crippen LogP contribution is 2.39. The largest absolute Gasteiger partial charge is 0.463 e. The lowest BCUT2D eigenvalue weighted by molar-refractivity contribution is -0.250. The Hall–Kier alpha value is -1.14. The zero-order valence-corrected chi connectivity index (χ0v) is 19.5. The minimum atomic E-state index is -1.56. The fourth-order valence-electron chi connectivity index (χ4n) is 4.41. The first-order valence-corrected chi connectivity index (χ1v) is 12.1. The zero-order chi connectivity index (χ0) is 22.0. The number of hydrogen-bond donors (Lipinski definition) is 0. The maximum absolute atomic E-state index is 13.3. The first-order valence-electron chi connectivity index (χ1n) is 12.1. The fourth-order valence-corrected chi connectivity index (χ4v) is 4.41. The van der Waals surface area contributed by atoms with Gasteiger partial charge in [0.05, 0.1) is 25.4 Å². The number of hydrogen-bond acceptors (Lipinski definition) is 6. The fraction of sp³-hybridized carbons (Fsp3) is 0.917. The van der Waals surface area contributed by atoms with Crippen LogP contribution in [0.4, 0.5) is 0 Å². The average Bonchev–Trinajstić information content (AvgIpc) is 2.76. The molecule has 0 spiro atoms. The van der Waals surface area contributed by atoms with Gasteiger partial charge in [0.1, 0.15) is 0 Å². The van der Waals surface area contributed by atoms with Crippen LogP contribution in [-0.4, -0.2) is 48.6 Å². The molecule has 0 heterocycles. The second-order valence-electron chi connectivity index (χ2n) is 9.09. The maximum Gasteiger partial charge on any atom is 0.341 e. The summed E-state index contributed by atoms with van der Waals surface area (Å²) in [6.45, 7) is 7.78. The van der Waals surface area contributed by atoms with E-state index in [-0.39, 0.29) is 25.4 Å². The molecule has 0 aromatic carbocycles. The highest BCUT2D eigenvalue weighted by Gasteiger charge is 2.61. The van der Waals surface area contributed by atoms with Gasteiger partial charge in [0.15, 0.2) is 0 Å². The standard InChI is InChI=1S/C24H42O6/c1-5-17-27-21(25)23(3,29-19-13-9-7-10-14-19)24(4,22(26)28-18-6-2)30-20-15-11-8-12-16-20/h19-20H,5-18H2,1-4H3. The van der Waals surface area contributed by atoms with Crippen molar-refractivity contribution < 1.29 is 28.5 Å². The van der Waals surface area contributed by atoms with Crippen molar-refractivity contribution in [2.24, 2.45) is 0 Å². The van der Waals surface area contributed by atoms with Crippen LogP contribution in [-0.2, 0) is 28.5 Å². The van der Waals surface area contributed by atoms with Gasteiger partial charge in [-0.05, 0) is 52.4 Å². The number of esters is 2. The van der Waals surface area contributed by atoms with Crippen LogP contribution >= 0.6 is 0 Å². The van der Waals surface area contributed by atoms with E-state index in [1.165, 1.54) is 12.8 Å². The quantitative estimate of drug-likeness (QED) is 0.428. The molecule has 2 saturated carbocycles. The Morgan fingerprint density at radius 2 is 1.00 bits per heavy atom. The lowest BCUT2D eigenvalue weighted by Crippen LogP contribution is -2.66. The van der Waals surface area contributed by atoms with E-state index in [9.17, 15) is 9.59 Å². The lowest BCUT2D eigenvalue weighted by atomic mass is 9.83. The van der Waals surface area contributed by atoms with Crippen molar-refractivity contribution in [2.75, 3.05) is 13.2 Å². The van der Waals surface area contributed by atoms with Crippen LogP contribution in [0.3, 0.4) is 0 Å². The third kappa shape index (κ3) is 6.19. The smallest absolute Gasteiger partial charge is 0.341 e. The predicted molar refractivity (Wildman–Crippen MR) is 115 cm³/mol. The number of ether oxygens (including phenoxy) is 4. The number of rotatable bonds is 11. The summed E-state index contributed by atoms with van der Waals surface area (Å²) in [4.78, 5) is 26.7. The van der Waals surface area contributed by atoms with Crippen molar-refractivity contribution in [3.05, 3.63) is 0 Å². The van der Waals surface area contributed by atoms with Crippen molar-refractivity contribution in [1.29, 1.82) is 0 Å². The summed E-state index contributed by atoms with van der Waals surface area (Å²) in [5, 5.41) is 0. The second kappa shape index (κ2) is 12.0. The molecule has 30 heavy (non-hydrogen) atoms. The molecule has 174 valence electrons. The highest BCUT2D eigenvalue weighted by atomic mass is 16.6. The lowest BCUT2D eigenvalue weighted by Gasteiger charge is -2.45. The van der Waals surface area contributed by atoms with E-state index < -0.39 is 23.1 Å². The third-order valence-electron chi connectivity index (χ3n) is 6.47. The maximum atomic E-state index is 13.3. The van der Waals surface area contributed by atoms with E-state index in [0.29, 0.717) is 12.8 Å². The van der Waals surface area contributed by atoms with E-state index in [1.807, 2.05) is 13.8 Å². The van der Waals surface area contributed by atoms with Gasteiger partial charge < -0.3 is 18.9 Å². The van der Waals surface area contributed by atoms with Gasteiger partial charge in [-0.1, -0.05) is 52.4 Å². The Bertz CT molecular complexity index is 490. The minimum absolute atomic E-state index is 0.0915. The van der Waals surface area contributed by atoms with Crippen molar-refractivity contribution in [3.8, 4) is 0 Å². The molecule has 2 aliphatic carbocycles. The molecule has 0 bridgehead atoms. The Balaban J connectivity index is 2.36. The molecule has 6 heteroatoms. The van der Waals surface area contributed by atoms with Gasteiger partial charge in [-0.3, -0.25) is 0 Å². The minimum Gasteiger partial charge on any atom is -0.463 e. The first-order chi connectivity index (χ1) is 14.4. The molecule has 0 N–H and O–H groups in total. The van der Waals surface area contributed by atoms with Crippen molar-refractivity contribution in [1.82, 2.24) is 0 Å². The topological polar surface area (TPSA) is 71.1 Å². The predicted octanol–water partition coefficient (Wildman–Crippen LogP) is 5.11.